The molecule has 254 valence electrons. The summed E-state index contributed by atoms with van der Waals surface area (Å²) >= 11 is 0. The first-order valence-corrected chi connectivity index (χ1v) is 16.7. The molecule has 0 radical (unpaired) electrons. The molecule has 44 heavy (non-hydrogen) atoms. The predicted molar refractivity (Wildman–Crippen MR) is 186 cm³/mol. The lowest BCUT2D eigenvalue weighted by Crippen LogP contribution is -2.53. The van der Waals surface area contributed by atoms with Crippen LogP contribution in [0.5, 0.6) is 0 Å². The Morgan fingerprint density at radius 3 is 1.68 bits per heavy atom. The maximum absolute atomic E-state index is 11.3. The molecule has 3 fully saturated rings. The first-order chi connectivity index (χ1) is 20.4. The second-order valence-electron chi connectivity index (χ2n) is 14.8. The summed E-state index contributed by atoms with van der Waals surface area (Å²) in [5, 5.41) is 9.04. The van der Waals surface area contributed by atoms with Gasteiger partial charge in [0.25, 0.3) is 0 Å². The number of carbonyl (C=O) groups excluding carboxylic acids is 3. The zero-order valence-electron chi connectivity index (χ0n) is 29.8. The van der Waals surface area contributed by atoms with Crippen molar-refractivity contribution >= 4 is 17.7 Å². The number of nitrogens with zero attached hydrogens (tertiary/aromatic N) is 2. The summed E-state index contributed by atoms with van der Waals surface area (Å²) in [5.74, 6) is 1.53. The van der Waals surface area contributed by atoms with E-state index in [-0.39, 0.29) is 29.3 Å². The summed E-state index contributed by atoms with van der Waals surface area (Å²) in [6.45, 7) is 36.2. The van der Waals surface area contributed by atoms with E-state index in [0.717, 1.165) is 89.6 Å². The van der Waals surface area contributed by atoms with E-state index in [2.05, 4.69) is 103 Å². The smallest absolute Gasteiger partial charge is 0.245 e. The fourth-order valence-corrected chi connectivity index (χ4v) is 5.29. The van der Waals surface area contributed by atoms with Crippen LogP contribution >= 0.6 is 0 Å². The van der Waals surface area contributed by atoms with Crippen LogP contribution in [0.4, 0.5) is 0 Å². The van der Waals surface area contributed by atoms with Gasteiger partial charge in [-0.3, -0.25) is 19.3 Å². The van der Waals surface area contributed by atoms with Crippen molar-refractivity contribution in [3.05, 3.63) is 38.0 Å². The molecular weight excluding hydrogens is 550 g/mol. The molecule has 0 aromatic heterocycles. The third kappa shape index (κ3) is 19.0. The monoisotopic (exact) mass is 618 g/mol. The first kappa shape index (κ1) is 41.5. The third-order valence-corrected chi connectivity index (χ3v) is 7.94. The van der Waals surface area contributed by atoms with Gasteiger partial charge >= 0.3 is 0 Å². The number of piperidine rings is 3. The van der Waals surface area contributed by atoms with Gasteiger partial charge < -0.3 is 20.9 Å². The highest BCUT2D eigenvalue weighted by Crippen LogP contribution is 2.34. The van der Waals surface area contributed by atoms with Crippen molar-refractivity contribution in [2.75, 3.05) is 39.3 Å². The Bertz CT molecular complexity index is 870. The van der Waals surface area contributed by atoms with Gasteiger partial charge in [-0.15, -0.1) is 0 Å². The molecule has 0 spiro atoms. The zero-order chi connectivity index (χ0) is 33.9. The van der Waals surface area contributed by atoms with Crippen LogP contribution in [0.1, 0.15) is 101 Å². The van der Waals surface area contributed by atoms with Crippen molar-refractivity contribution in [3.8, 4) is 0 Å². The van der Waals surface area contributed by atoms with Crippen molar-refractivity contribution in [2.45, 2.75) is 118 Å². The van der Waals surface area contributed by atoms with E-state index in [0.29, 0.717) is 11.5 Å². The van der Waals surface area contributed by atoms with Crippen molar-refractivity contribution < 1.29 is 14.4 Å². The lowest BCUT2D eigenvalue weighted by molar-refractivity contribution is -0.128. The molecule has 3 amide bonds. The van der Waals surface area contributed by atoms with Gasteiger partial charge in [0.2, 0.25) is 17.7 Å². The highest BCUT2D eigenvalue weighted by molar-refractivity contribution is 5.87. The second-order valence-corrected chi connectivity index (χ2v) is 14.8. The predicted octanol–water partition coefficient (Wildman–Crippen LogP) is 5.71. The summed E-state index contributed by atoms with van der Waals surface area (Å²) < 4.78 is 0. The van der Waals surface area contributed by atoms with Crippen LogP contribution in [0.15, 0.2) is 38.0 Å². The Morgan fingerprint density at radius 1 is 0.773 bits per heavy atom. The Labute approximate surface area is 270 Å². The number of likely N-dealkylation sites (tertiary alicyclic amines) is 2. The van der Waals surface area contributed by atoms with E-state index in [4.69, 9.17) is 0 Å². The minimum Gasteiger partial charge on any atom is -0.349 e. The van der Waals surface area contributed by atoms with E-state index in [1.165, 1.54) is 18.2 Å². The highest BCUT2D eigenvalue weighted by Gasteiger charge is 2.30. The van der Waals surface area contributed by atoms with E-state index in [1.807, 2.05) is 4.90 Å². The van der Waals surface area contributed by atoms with Crippen molar-refractivity contribution in [1.82, 2.24) is 25.8 Å². The topological polar surface area (TPSA) is 93.8 Å². The molecule has 3 N–H and O–H groups in total. The minimum absolute atomic E-state index is 0.0595. The average molecular weight is 618 g/mol. The van der Waals surface area contributed by atoms with E-state index in [9.17, 15) is 14.4 Å². The van der Waals surface area contributed by atoms with Crippen molar-refractivity contribution in [2.24, 2.45) is 17.3 Å². The van der Waals surface area contributed by atoms with Crippen LogP contribution in [0.25, 0.3) is 0 Å². The number of amides is 3. The van der Waals surface area contributed by atoms with Crippen LogP contribution in [0.2, 0.25) is 0 Å². The fourth-order valence-electron chi connectivity index (χ4n) is 5.29. The summed E-state index contributed by atoms with van der Waals surface area (Å²) in [4.78, 5) is 37.7. The Morgan fingerprint density at radius 2 is 1.27 bits per heavy atom. The molecule has 0 aliphatic carbocycles. The molecule has 8 nitrogen and oxygen atoms in total. The highest BCUT2D eigenvalue weighted by atomic mass is 16.2. The molecule has 0 unspecified atom stereocenters. The maximum atomic E-state index is 11.3. The van der Waals surface area contributed by atoms with Crippen LogP contribution < -0.4 is 16.0 Å². The van der Waals surface area contributed by atoms with E-state index in [1.54, 1.807) is 0 Å². The minimum atomic E-state index is -0.0706. The van der Waals surface area contributed by atoms with Crippen molar-refractivity contribution in [3.63, 3.8) is 0 Å². The lowest BCUT2D eigenvalue weighted by Gasteiger charge is -2.41. The standard InChI is InChI=1S/C12H22N2O.C12H21NO.C8H14N2O.C4H10/c1-5-11(15)13-10-7-6-8-14(9-10)12(2,3)4;1-5-11(14)13-8-6-10(7-9-13)12(2,3)4;1-2-8(11)10-7-4-3-5-9-6-7;1-4(2)3/h5,10H,1,6-9H2,2-4H3,(H,13,15);5,10H,1,6-9H2,2-4H3;2,7,9H,1,3-6H2,(H,10,11);4H,1-3H3/t10-;;7-;/m1.0./s1. The molecule has 0 aromatic carbocycles. The lowest BCUT2D eigenvalue weighted by atomic mass is 9.75. The van der Waals surface area contributed by atoms with Gasteiger partial charge in [0.15, 0.2) is 0 Å². The quantitative estimate of drug-likeness (QED) is 0.344. The summed E-state index contributed by atoms with van der Waals surface area (Å²) in [6.07, 6.45) is 10.8. The Balaban J connectivity index is 0.000000599. The SMILES string of the molecule is C=CC(=O)N1CCC(C(C)(C)C)CC1.C=CC(=O)N[C@@H]1CCCN(C(C)(C)C)C1.C=CC(=O)N[C@H]1CCCNC1.CC(C)C. The fraction of sp³-hybridized carbons (Fsp3) is 0.750. The molecule has 8 heteroatoms. The summed E-state index contributed by atoms with van der Waals surface area (Å²) in [5.41, 5.74) is 0.570. The Hall–Kier alpha value is -2.45. The number of hydrogen-bond donors (Lipinski definition) is 3. The van der Waals surface area contributed by atoms with Gasteiger partial charge in [0, 0.05) is 43.8 Å². The molecular formula is C36H67N5O3. The van der Waals surface area contributed by atoms with Crippen LogP contribution in [0.3, 0.4) is 0 Å². The van der Waals surface area contributed by atoms with E-state index >= 15 is 0 Å². The molecule has 0 saturated carbocycles. The molecule has 3 aliphatic rings. The molecule has 3 saturated heterocycles. The van der Waals surface area contributed by atoms with Crippen LogP contribution in [0, 0.1) is 17.3 Å². The largest absolute Gasteiger partial charge is 0.349 e. The summed E-state index contributed by atoms with van der Waals surface area (Å²) in [7, 11) is 0. The molecule has 3 rings (SSSR count). The molecule has 3 heterocycles. The van der Waals surface area contributed by atoms with Gasteiger partial charge in [-0.1, -0.05) is 61.3 Å². The molecule has 2 atom stereocenters. The van der Waals surface area contributed by atoms with Gasteiger partial charge in [0.05, 0.1) is 0 Å². The maximum Gasteiger partial charge on any atom is 0.245 e. The molecule has 3 aliphatic heterocycles. The third-order valence-electron chi connectivity index (χ3n) is 7.94. The van der Waals surface area contributed by atoms with Gasteiger partial charge in [-0.05, 0) is 108 Å². The second kappa shape index (κ2) is 21.3. The number of nitrogens with one attached hydrogen (secondary N) is 3. The van der Waals surface area contributed by atoms with Crippen LogP contribution in [-0.4, -0.2) is 84.4 Å². The molecule has 0 aromatic rings. The number of rotatable bonds is 5. The van der Waals surface area contributed by atoms with E-state index < -0.39 is 0 Å². The van der Waals surface area contributed by atoms with Crippen molar-refractivity contribution in [1.29, 1.82) is 0 Å². The molecule has 0 bridgehead atoms. The Kier molecular flexibility index (Phi) is 20.1. The first-order valence-electron chi connectivity index (χ1n) is 16.7. The zero-order valence-corrected chi connectivity index (χ0v) is 29.8. The number of carbonyl (C=O) groups is 3. The average Bonchev–Trinajstić information content (AvgIpc) is 2.97. The summed E-state index contributed by atoms with van der Waals surface area (Å²) in [6, 6.07) is 0.581. The van der Waals surface area contributed by atoms with Gasteiger partial charge in [0.1, 0.15) is 0 Å². The van der Waals surface area contributed by atoms with Gasteiger partial charge in [-0.25, -0.2) is 0 Å². The van der Waals surface area contributed by atoms with Crippen LogP contribution in [-0.2, 0) is 14.4 Å². The number of hydrogen-bond acceptors (Lipinski definition) is 5. The normalized spacial score (nSPS) is 21.1. The van der Waals surface area contributed by atoms with Gasteiger partial charge in [-0.2, -0.15) is 0 Å².